The number of carbonyl (C=O) groups excluding carboxylic acids is 1. The standard InChI is InChI=1S/C22H20ClN5O4/c1-28-9-8-17-20(28)21(25-12-24-17)32-14-5-6-16(15(23)11-14)27-22(29)26-13-4-7-18(30-2)19(10-13)31-3/h4-12H,1-3H3,(H2,26,27,29). The number of halogens is 1. The molecule has 2 N–H and O–H groups in total. The zero-order valence-corrected chi connectivity index (χ0v) is 18.3. The van der Waals surface area contributed by atoms with E-state index in [2.05, 4.69) is 20.6 Å². The summed E-state index contributed by atoms with van der Waals surface area (Å²) in [7, 11) is 4.95. The number of aromatic nitrogens is 3. The number of hydrogen-bond acceptors (Lipinski definition) is 6. The zero-order valence-electron chi connectivity index (χ0n) is 17.5. The predicted molar refractivity (Wildman–Crippen MR) is 122 cm³/mol. The minimum absolute atomic E-state index is 0.308. The summed E-state index contributed by atoms with van der Waals surface area (Å²) in [5, 5.41) is 5.74. The molecule has 4 rings (SSSR count). The van der Waals surface area contributed by atoms with Crippen LogP contribution >= 0.6 is 11.6 Å². The summed E-state index contributed by atoms with van der Waals surface area (Å²) in [5.74, 6) is 1.95. The van der Waals surface area contributed by atoms with E-state index in [0.717, 1.165) is 11.0 Å². The Morgan fingerprint density at radius 1 is 1.00 bits per heavy atom. The Balaban J connectivity index is 1.46. The highest BCUT2D eigenvalue weighted by Crippen LogP contribution is 2.32. The van der Waals surface area contributed by atoms with Gasteiger partial charge in [-0.05, 0) is 30.3 Å². The lowest BCUT2D eigenvalue weighted by Gasteiger charge is -2.13. The molecule has 0 aliphatic rings. The number of methoxy groups -OCH3 is 2. The number of urea groups is 1. The van der Waals surface area contributed by atoms with E-state index in [4.69, 9.17) is 25.8 Å². The molecule has 4 aromatic rings. The van der Waals surface area contributed by atoms with Crippen molar-refractivity contribution in [3.63, 3.8) is 0 Å². The van der Waals surface area contributed by atoms with Gasteiger partial charge in [-0.2, -0.15) is 4.98 Å². The molecular formula is C22H20ClN5O4. The van der Waals surface area contributed by atoms with Crippen LogP contribution in [0, 0.1) is 0 Å². The number of benzene rings is 2. The van der Waals surface area contributed by atoms with E-state index in [1.54, 1.807) is 43.5 Å². The number of nitrogens with one attached hydrogen (secondary N) is 2. The monoisotopic (exact) mass is 453 g/mol. The first-order valence-electron chi connectivity index (χ1n) is 9.52. The molecule has 0 bridgehead atoms. The average molecular weight is 454 g/mol. The predicted octanol–water partition coefficient (Wildman–Crippen LogP) is 5.08. The second-order valence-electron chi connectivity index (χ2n) is 6.73. The Labute approximate surface area is 188 Å². The van der Waals surface area contributed by atoms with Gasteiger partial charge in [0.25, 0.3) is 0 Å². The van der Waals surface area contributed by atoms with Crippen molar-refractivity contribution in [3.8, 4) is 23.1 Å². The van der Waals surface area contributed by atoms with Crippen LogP contribution in [0.2, 0.25) is 5.02 Å². The van der Waals surface area contributed by atoms with Crippen molar-refractivity contribution in [2.24, 2.45) is 7.05 Å². The Morgan fingerprint density at radius 3 is 2.56 bits per heavy atom. The molecule has 10 heteroatoms. The number of aryl methyl sites for hydroxylation is 1. The van der Waals surface area contributed by atoms with E-state index in [1.807, 2.05) is 23.9 Å². The molecule has 0 spiro atoms. The molecule has 0 fully saturated rings. The Hall–Kier alpha value is -3.98. The van der Waals surface area contributed by atoms with Gasteiger partial charge < -0.3 is 29.4 Å². The molecule has 0 saturated heterocycles. The van der Waals surface area contributed by atoms with Crippen molar-refractivity contribution in [1.29, 1.82) is 0 Å². The lowest BCUT2D eigenvalue weighted by atomic mass is 10.2. The average Bonchev–Trinajstić information content (AvgIpc) is 3.17. The maximum atomic E-state index is 12.4. The highest BCUT2D eigenvalue weighted by atomic mass is 35.5. The van der Waals surface area contributed by atoms with Crippen LogP contribution in [0.1, 0.15) is 0 Å². The van der Waals surface area contributed by atoms with Gasteiger partial charge in [0.15, 0.2) is 11.5 Å². The lowest BCUT2D eigenvalue weighted by Crippen LogP contribution is -2.19. The molecule has 2 heterocycles. The molecule has 32 heavy (non-hydrogen) atoms. The van der Waals surface area contributed by atoms with Crippen molar-refractivity contribution in [3.05, 3.63) is 60.0 Å². The molecule has 0 aliphatic heterocycles. The molecule has 2 amide bonds. The number of fused-ring (bicyclic) bond motifs is 1. The van der Waals surface area contributed by atoms with Crippen LogP contribution in [0.15, 0.2) is 55.0 Å². The largest absolute Gasteiger partial charge is 0.493 e. The first kappa shape index (κ1) is 21.3. The number of hydrogen-bond donors (Lipinski definition) is 2. The fourth-order valence-corrected chi connectivity index (χ4v) is 3.35. The van der Waals surface area contributed by atoms with Crippen molar-refractivity contribution < 1.29 is 19.0 Å². The van der Waals surface area contributed by atoms with E-state index in [0.29, 0.717) is 39.5 Å². The van der Waals surface area contributed by atoms with Crippen LogP contribution in [0.3, 0.4) is 0 Å². The number of anilines is 2. The Morgan fingerprint density at radius 2 is 1.81 bits per heavy atom. The number of nitrogens with zero attached hydrogens (tertiary/aromatic N) is 3. The van der Waals surface area contributed by atoms with E-state index >= 15 is 0 Å². The molecule has 0 saturated carbocycles. The van der Waals surface area contributed by atoms with Crippen LogP contribution in [0.5, 0.6) is 23.1 Å². The van der Waals surface area contributed by atoms with Crippen LogP contribution in [0.4, 0.5) is 16.2 Å². The van der Waals surface area contributed by atoms with Gasteiger partial charge in [0.2, 0.25) is 5.88 Å². The summed E-state index contributed by atoms with van der Waals surface area (Å²) in [5.41, 5.74) is 2.49. The normalized spacial score (nSPS) is 10.6. The lowest BCUT2D eigenvalue weighted by molar-refractivity contribution is 0.262. The number of carbonyl (C=O) groups is 1. The van der Waals surface area contributed by atoms with Gasteiger partial charge in [-0.3, -0.25) is 0 Å². The van der Waals surface area contributed by atoms with Crippen LogP contribution in [-0.4, -0.2) is 34.8 Å². The summed E-state index contributed by atoms with van der Waals surface area (Å²) in [6, 6.07) is 11.4. The molecule has 0 unspecified atom stereocenters. The molecule has 2 aromatic heterocycles. The van der Waals surface area contributed by atoms with E-state index in [1.165, 1.54) is 13.4 Å². The molecule has 9 nitrogen and oxygen atoms in total. The van der Waals surface area contributed by atoms with E-state index in [9.17, 15) is 4.79 Å². The first-order valence-corrected chi connectivity index (χ1v) is 9.89. The fourth-order valence-electron chi connectivity index (χ4n) is 3.13. The van der Waals surface area contributed by atoms with Gasteiger partial charge in [-0.25, -0.2) is 9.78 Å². The van der Waals surface area contributed by atoms with Gasteiger partial charge in [-0.15, -0.1) is 0 Å². The third kappa shape index (κ3) is 4.37. The van der Waals surface area contributed by atoms with Crippen LogP contribution in [0.25, 0.3) is 11.0 Å². The third-order valence-corrected chi connectivity index (χ3v) is 4.98. The van der Waals surface area contributed by atoms with E-state index < -0.39 is 6.03 Å². The fraction of sp³-hybridized carbons (Fsp3) is 0.136. The third-order valence-electron chi connectivity index (χ3n) is 4.67. The minimum atomic E-state index is -0.464. The molecule has 164 valence electrons. The summed E-state index contributed by atoms with van der Waals surface area (Å²) in [6.07, 6.45) is 3.32. The van der Waals surface area contributed by atoms with Gasteiger partial charge in [0.1, 0.15) is 17.6 Å². The van der Waals surface area contributed by atoms with Gasteiger partial charge in [0, 0.05) is 31.1 Å². The van der Waals surface area contributed by atoms with E-state index in [-0.39, 0.29) is 0 Å². The summed E-state index contributed by atoms with van der Waals surface area (Å²) < 4.78 is 18.2. The Bertz CT molecular complexity index is 1290. The van der Waals surface area contributed by atoms with Crippen LogP contribution in [-0.2, 0) is 7.05 Å². The topological polar surface area (TPSA) is 99.5 Å². The van der Waals surface area contributed by atoms with Crippen molar-refractivity contribution in [2.45, 2.75) is 0 Å². The summed E-state index contributed by atoms with van der Waals surface area (Å²) >= 11 is 6.36. The first-order chi connectivity index (χ1) is 15.5. The minimum Gasteiger partial charge on any atom is -0.493 e. The smallest absolute Gasteiger partial charge is 0.323 e. The van der Waals surface area contributed by atoms with Crippen molar-refractivity contribution >= 4 is 40.0 Å². The Kier molecular flexibility index (Phi) is 6.00. The van der Waals surface area contributed by atoms with Gasteiger partial charge in [-0.1, -0.05) is 11.6 Å². The molecule has 0 atom stereocenters. The zero-order chi connectivity index (χ0) is 22.7. The van der Waals surface area contributed by atoms with Crippen molar-refractivity contribution in [2.75, 3.05) is 24.9 Å². The summed E-state index contributed by atoms with van der Waals surface area (Å²) in [6.45, 7) is 0. The maximum absolute atomic E-state index is 12.4. The molecule has 0 aliphatic carbocycles. The quantitative estimate of drug-likeness (QED) is 0.422. The second kappa shape index (κ2) is 9.03. The molecular weight excluding hydrogens is 434 g/mol. The number of ether oxygens (including phenoxy) is 3. The number of amides is 2. The molecule has 2 aromatic carbocycles. The SMILES string of the molecule is COc1ccc(NC(=O)Nc2ccc(Oc3ncnc4ccn(C)c34)cc2Cl)cc1OC. The number of rotatable bonds is 6. The van der Waals surface area contributed by atoms with Gasteiger partial charge in [0.05, 0.1) is 30.4 Å². The summed E-state index contributed by atoms with van der Waals surface area (Å²) in [4.78, 5) is 20.8. The highest BCUT2D eigenvalue weighted by Gasteiger charge is 2.13. The van der Waals surface area contributed by atoms with Crippen LogP contribution < -0.4 is 24.8 Å². The van der Waals surface area contributed by atoms with Gasteiger partial charge >= 0.3 is 6.03 Å². The van der Waals surface area contributed by atoms with Crippen molar-refractivity contribution in [1.82, 2.24) is 14.5 Å². The maximum Gasteiger partial charge on any atom is 0.323 e. The molecule has 0 radical (unpaired) electrons. The second-order valence-corrected chi connectivity index (χ2v) is 7.14. The highest BCUT2D eigenvalue weighted by molar-refractivity contribution is 6.34.